The van der Waals surface area contributed by atoms with Crippen LogP contribution in [-0.4, -0.2) is 6.79 Å². The summed E-state index contributed by atoms with van der Waals surface area (Å²) in [6.07, 6.45) is 1.02. The molecule has 3 nitrogen and oxygen atoms in total. The van der Waals surface area contributed by atoms with Crippen LogP contribution in [0.3, 0.4) is 0 Å². The molecule has 0 radical (unpaired) electrons. The number of carbonyl (C=O) groups is 1. The van der Waals surface area contributed by atoms with E-state index in [0.717, 1.165) is 17.8 Å². The van der Waals surface area contributed by atoms with E-state index in [0.29, 0.717) is 0 Å². The Kier molecular flexibility index (Phi) is 8.64. The molecule has 0 atom stereocenters. The molecule has 0 amide bonds. The van der Waals surface area contributed by atoms with Crippen molar-refractivity contribution in [3.05, 3.63) is 60.2 Å². The second kappa shape index (κ2) is 9.90. The molecule has 2 aromatic rings. The lowest BCUT2D eigenvalue weighted by atomic mass is 10.1. The van der Waals surface area contributed by atoms with Crippen molar-refractivity contribution in [3.8, 4) is 0 Å². The Hall–Kier alpha value is -2.29. The van der Waals surface area contributed by atoms with Gasteiger partial charge in [-0.2, -0.15) is 0 Å². The van der Waals surface area contributed by atoms with Crippen molar-refractivity contribution in [2.45, 2.75) is 13.3 Å². The highest BCUT2D eigenvalue weighted by Crippen LogP contribution is 2.09. The molecule has 3 heteroatoms. The van der Waals surface area contributed by atoms with E-state index in [2.05, 4.69) is 13.0 Å². The third kappa shape index (κ3) is 6.33. The van der Waals surface area contributed by atoms with E-state index in [9.17, 15) is 0 Å². The van der Waals surface area contributed by atoms with E-state index in [-0.39, 0.29) is 0 Å². The molecule has 0 heterocycles. The molecular formula is C15H20N2O. The number of anilines is 2. The second-order valence-corrected chi connectivity index (χ2v) is 3.46. The van der Waals surface area contributed by atoms with Gasteiger partial charge in [0.1, 0.15) is 6.79 Å². The van der Waals surface area contributed by atoms with Gasteiger partial charge in [0.15, 0.2) is 0 Å². The van der Waals surface area contributed by atoms with Crippen LogP contribution in [0, 0.1) is 0 Å². The Morgan fingerprint density at radius 2 is 1.39 bits per heavy atom. The number of carbonyl (C=O) groups excluding carboxylic acids is 1. The van der Waals surface area contributed by atoms with E-state index in [1.54, 1.807) is 0 Å². The summed E-state index contributed by atoms with van der Waals surface area (Å²) >= 11 is 0. The maximum Gasteiger partial charge on any atom is 0.106 e. The van der Waals surface area contributed by atoms with Crippen LogP contribution in [0.25, 0.3) is 0 Å². The number of nitrogen functional groups attached to an aromatic ring is 2. The normalized spacial score (nSPS) is 8.28. The molecule has 4 N–H and O–H groups in total. The molecule has 0 bridgehead atoms. The lowest BCUT2D eigenvalue weighted by molar-refractivity contribution is -0.0979. The van der Waals surface area contributed by atoms with Gasteiger partial charge in [-0.1, -0.05) is 43.3 Å². The lowest BCUT2D eigenvalue weighted by Crippen LogP contribution is -1.90. The lowest BCUT2D eigenvalue weighted by Gasteiger charge is -1.98. The molecule has 96 valence electrons. The highest BCUT2D eigenvalue weighted by Gasteiger charge is 1.90. The van der Waals surface area contributed by atoms with Gasteiger partial charge >= 0.3 is 0 Å². The summed E-state index contributed by atoms with van der Waals surface area (Å²) in [7, 11) is 0. The molecule has 0 unspecified atom stereocenters. The summed E-state index contributed by atoms with van der Waals surface area (Å²) in [5, 5.41) is 0. The van der Waals surface area contributed by atoms with Crippen LogP contribution in [0.15, 0.2) is 54.6 Å². The van der Waals surface area contributed by atoms with E-state index in [1.165, 1.54) is 5.56 Å². The molecule has 0 aliphatic rings. The van der Waals surface area contributed by atoms with Crippen molar-refractivity contribution in [2.24, 2.45) is 0 Å². The van der Waals surface area contributed by atoms with Crippen LogP contribution in [0.4, 0.5) is 11.4 Å². The van der Waals surface area contributed by atoms with Crippen molar-refractivity contribution < 1.29 is 4.79 Å². The largest absolute Gasteiger partial charge is 0.399 e. The Morgan fingerprint density at radius 3 is 1.72 bits per heavy atom. The maximum absolute atomic E-state index is 8.00. The number of benzene rings is 2. The fraction of sp³-hybridized carbons (Fsp3) is 0.133. The number of hydrogen-bond acceptors (Lipinski definition) is 3. The van der Waals surface area contributed by atoms with Gasteiger partial charge in [0, 0.05) is 11.4 Å². The zero-order chi connectivity index (χ0) is 13.8. The van der Waals surface area contributed by atoms with Gasteiger partial charge in [0.25, 0.3) is 0 Å². The molecule has 0 aliphatic heterocycles. The molecule has 18 heavy (non-hydrogen) atoms. The number of hydrogen-bond donors (Lipinski definition) is 2. The van der Waals surface area contributed by atoms with Crippen LogP contribution >= 0.6 is 0 Å². The zero-order valence-electron chi connectivity index (χ0n) is 10.7. The Morgan fingerprint density at radius 1 is 0.889 bits per heavy atom. The minimum atomic E-state index is 0.822. The van der Waals surface area contributed by atoms with Gasteiger partial charge in [-0.25, -0.2) is 0 Å². The topological polar surface area (TPSA) is 69.1 Å². The van der Waals surface area contributed by atoms with Gasteiger partial charge in [-0.15, -0.1) is 0 Å². The van der Waals surface area contributed by atoms with Crippen molar-refractivity contribution in [3.63, 3.8) is 0 Å². The van der Waals surface area contributed by atoms with Crippen molar-refractivity contribution in [2.75, 3.05) is 11.5 Å². The van der Waals surface area contributed by atoms with Crippen LogP contribution in [0.1, 0.15) is 12.5 Å². The number of aryl methyl sites for hydroxylation is 1. The van der Waals surface area contributed by atoms with Crippen LogP contribution in [0.5, 0.6) is 0 Å². The van der Waals surface area contributed by atoms with E-state index in [4.69, 9.17) is 16.3 Å². The number of nitrogens with two attached hydrogens (primary N) is 2. The van der Waals surface area contributed by atoms with E-state index in [1.807, 2.05) is 55.3 Å². The fourth-order valence-corrected chi connectivity index (χ4v) is 1.31. The molecule has 0 aromatic heterocycles. The van der Waals surface area contributed by atoms with Gasteiger partial charge in [0.05, 0.1) is 0 Å². The second-order valence-electron chi connectivity index (χ2n) is 3.46. The van der Waals surface area contributed by atoms with E-state index >= 15 is 0 Å². The minimum Gasteiger partial charge on any atom is -0.399 e. The van der Waals surface area contributed by atoms with Gasteiger partial charge in [0.2, 0.25) is 0 Å². The first-order valence-electron chi connectivity index (χ1n) is 5.66. The molecule has 0 aliphatic carbocycles. The minimum absolute atomic E-state index is 0.822. The summed E-state index contributed by atoms with van der Waals surface area (Å²) in [5.41, 5.74) is 13.9. The Balaban J connectivity index is 0.000000289. The van der Waals surface area contributed by atoms with Gasteiger partial charge < -0.3 is 16.3 Å². The molecule has 0 saturated carbocycles. The molecule has 0 fully saturated rings. The highest BCUT2D eigenvalue weighted by molar-refractivity contribution is 5.46. The van der Waals surface area contributed by atoms with Crippen LogP contribution in [0.2, 0.25) is 0 Å². The Labute approximate surface area is 108 Å². The summed E-state index contributed by atoms with van der Waals surface area (Å²) in [6.45, 7) is 4.10. The first-order chi connectivity index (χ1) is 8.74. The Bertz CT molecular complexity index is 430. The van der Waals surface area contributed by atoms with Crippen LogP contribution < -0.4 is 11.5 Å². The van der Waals surface area contributed by atoms with Crippen molar-refractivity contribution in [1.29, 1.82) is 0 Å². The van der Waals surface area contributed by atoms with Crippen molar-refractivity contribution in [1.82, 2.24) is 0 Å². The average molecular weight is 244 g/mol. The summed E-state index contributed by atoms with van der Waals surface area (Å²) in [6, 6.07) is 17.4. The maximum atomic E-state index is 8.00. The third-order valence-corrected chi connectivity index (χ3v) is 2.24. The average Bonchev–Trinajstić information content (AvgIpc) is 2.43. The monoisotopic (exact) mass is 244 g/mol. The molecule has 2 aromatic carbocycles. The number of rotatable bonds is 1. The molecule has 0 saturated heterocycles. The predicted octanol–water partition coefficient (Wildman–Crippen LogP) is 2.92. The quantitative estimate of drug-likeness (QED) is 0.758. The van der Waals surface area contributed by atoms with Gasteiger partial charge in [-0.05, 0) is 30.2 Å². The van der Waals surface area contributed by atoms with E-state index < -0.39 is 0 Å². The fourth-order valence-electron chi connectivity index (χ4n) is 1.31. The zero-order valence-corrected chi connectivity index (χ0v) is 10.7. The molecular weight excluding hydrogens is 224 g/mol. The standard InChI is InChI=1S/C8H11N.C6H7N.CH2O/c1-2-7-5-3-4-6-8(7)9;7-6-4-2-1-3-5-6;1-2/h3-6H,2,9H2,1H3;1-5H,7H2;1H2. The van der Waals surface area contributed by atoms with Gasteiger partial charge in [-0.3, -0.25) is 0 Å². The molecule has 0 spiro atoms. The number of para-hydroxylation sites is 2. The first-order valence-corrected chi connectivity index (χ1v) is 5.66. The summed E-state index contributed by atoms with van der Waals surface area (Å²) in [4.78, 5) is 8.00. The predicted molar refractivity (Wildman–Crippen MR) is 78.2 cm³/mol. The SMILES string of the molecule is C=O.CCc1ccccc1N.Nc1ccccc1. The third-order valence-electron chi connectivity index (χ3n) is 2.24. The van der Waals surface area contributed by atoms with Crippen molar-refractivity contribution >= 4 is 18.2 Å². The summed E-state index contributed by atoms with van der Waals surface area (Å²) < 4.78 is 0. The highest BCUT2D eigenvalue weighted by atomic mass is 16.1. The first kappa shape index (κ1) is 15.7. The summed E-state index contributed by atoms with van der Waals surface area (Å²) in [5.74, 6) is 0. The molecule has 2 rings (SSSR count). The van der Waals surface area contributed by atoms with Crippen LogP contribution in [-0.2, 0) is 11.2 Å². The smallest absolute Gasteiger partial charge is 0.106 e.